The molecule has 0 aromatic rings. The Bertz CT molecular complexity index is 337. The molecule has 16 heavy (non-hydrogen) atoms. The Kier molecular flexibility index (Phi) is 4.69. The number of carboxylic acids is 1. The zero-order chi connectivity index (χ0) is 12.2. The Morgan fingerprint density at radius 3 is 2.56 bits per heavy atom. The molecule has 0 radical (unpaired) electrons. The first kappa shape index (κ1) is 13.4. The smallest absolute Gasteiger partial charge is 0.307 e. The lowest BCUT2D eigenvalue weighted by Crippen LogP contribution is -2.41. The van der Waals surface area contributed by atoms with Gasteiger partial charge in [-0.3, -0.25) is 4.79 Å². The fourth-order valence-corrected chi connectivity index (χ4v) is 2.51. The van der Waals surface area contributed by atoms with Crippen LogP contribution in [0.1, 0.15) is 32.6 Å². The second-order valence-corrected chi connectivity index (χ2v) is 5.60. The van der Waals surface area contributed by atoms with Crippen molar-refractivity contribution in [3.63, 3.8) is 0 Å². The third kappa shape index (κ3) is 4.91. The second-order valence-electron chi connectivity index (χ2n) is 4.07. The highest BCUT2D eigenvalue weighted by Gasteiger charge is 2.27. The minimum atomic E-state index is -3.53. The van der Waals surface area contributed by atoms with Gasteiger partial charge in [0.2, 0.25) is 0 Å². The molecule has 94 valence electrons. The van der Waals surface area contributed by atoms with Crippen molar-refractivity contribution in [2.24, 2.45) is 5.92 Å². The van der Waals surface area contributed by atoms with Gasteiger partial charge in [-0.2, -0.15) is 13.1 Å². The normalized spacial score (nSPS) is 18.3. The third-order valence-electron chi connectivity index (χ3n) is 2.41. The minimum absolute atomic E-state index is 0.0342. The first-order chi connectivity index (χ1) is 7.44. The van der Waals surface area contributed by atoms with E-state index in [1.807, 2.05) is 6.92 Å². The maximum atomic E-state index is 11.4. The molecule has 6 nitrogen and oxygen atoms in total. The summed E-state index contributed by atoms with van der Waals surface area (Å²) in [5, 5.41) is 8.84. The predicted molar refractivity (Wildman–Crippen MR) is 59.1 cm³/mol. The molecule has 0 amide bonds. The largest absolute Gasteiger partial charge is 0.481 e. The molecule has 1 atom stereocenters. The van der Waals surface area contributed by atoms with Crippen LogP contribution >= 0.6 is 0 Å². The molecule has 0 aliphatic heterocycles. The number of nitrogens with one attached hydrogen (secondary N) is 2. The van der Waals surface area contributed by atoms with Crippen molar-refractivity contribution < 1.29 is 18.3 Å². The number of carboxylic acid groups (broad SMARTS) is 1. The Morgan fingerprint density at radius 2 is 2.12 bits per heavy atom. The average molecular weight is 250 g/mol. The molecule has 1 aliphatic carbocycles. The van der Waals surface area contributed by atoms with E-state index < -0.39 is 22.1 Å². The van der Waals surface area contributed by atoms with E-state index in [4.69, 9.17) is 5.11 Å². The molecule has 0 bridgehead atoms. The van der Waals surface area contributed by atoms with Crippen molar-refractivity contribution in [1.82, 2.24) is 9.44 Å². The van der Waals surface area contributed by atoms with E-state index in [1.165, 1.54) is 0 Å². The second kappa shape index (κ2) is 5.60. The van der Waals surface area contributed by atoms with Gasteiger partial charge in [0.25, 0.3) is 10.2 Å². The van der Waals surface area contributed by atoms with Crippen molar-refractivity contribution in [2.45, 2.75) is 38.6 Å². The molecule has 1 fully saturated rings. The van der Waals surface area contributed by atoms with E-state index in [9.17, 15) is 13.2 Å². The van der Waals surface area contributed by atoms with Crippen LogP contribution in [0.5, 0.6) is 0 Å². The van der Waals surface area contributed by atoms with Crippen molar-refractivity contribution in [1.29, 1.82) is 0 Å². The zero-order valence-electron chi connectivity index (χ0n) is 9.27. The molecule has 1 unspecified atom stereocenters. The lowest BCUT2D eigenvalue weighted by Gasteiger charge is -2.12. The van der Waals surface area contributed by atoms with Crippen LogP contribution in [0.3, 0.4) is 0 Å². The summed E-state index contributed by atoms with van der Waals surface area (Å²) >= 11 is 0. The number of hydrogen-bond donors (Lipinski definition) is 3. The zero-order valence-corrected chi connectivity index (χ0v) is 10.1. The quantitative estimate of drug-likeness (QED) is 0.568. The molecule has 3 N–H and O–H groups in total. The number of hydrogen-bond acceptors (Lipinski definition) is 3. The first-order valence-electron chi connectivity index (χ1n) is 5.44. The van der Waals surface area contributed by atoms with Crippen LogP contribution < -0.4 is 9.44 Å². The number of rotatable bonds is 8. The SMILES string of the molecule is CCCC(CNS(=O)(=O)NC1CC1)C(=O)O. The average Bonchev–Trinajstić information content (AvgIpc) is 2.94. The van der Waals surface area contributed by atoms with Gasteiger partial charge < -0.3 is 5.11 Å². The Balaban J connectivity index is 2.37. The standard InChI is InChI=1S/C9H18N2O4S/c1-2-3-7(9(12)13)6-10-16(14,15)11-8-4-5-8/h7-8,10-11H,2-6H2,1H3,(H,12,13). The van der Waals surface area contributed by atoms with E-state index in [0.717, 1.165) is 19.3 Å². The summed E-state index contributed by atoms with van der Waals surface area (Å²) in [5.41, 5.74) is 0. The van der Waals surface area contributed by atoms with Crippen LogP contribution in [-0.4, -0.2) is 32.1 Å². The number of carbonyl (C=O) groups is 1. The molecular weight excluding hydrogens is 232 g/mol. The van der Waals surface area contributed by atoms with Crippen molar-refractivity contribution in [3.8, 4) is 0 Å². The minimum Gasteiger partial charge on any atom is -0.481 e. The maximum absolute atomic E-state index is 11.4. The van der Waals surface area contributed by atoms with Crippen molar-refractivity contribution in [3.05, 3.63) is 0 Å². The van der Waals surface area contributed by atoms with Gasteiger partial charge in [-0.15, -0.1) is 0 Å². The van der Waals surface area contributed by atoms with E-state index in [2.05, 4.69) is 9.44 Å². The predicted octanol–water partition coefficient (Wildman–Crippen LogP) is 0.0737. The van der Waals surface area contributed by atoms with Gasteiger partial charge in [0.05, 0.1) is 5.92 Å². The van der Waals surface area contributed by atoms with Crippen LogP contribution in [0.4, 0.5) is 0 Å². The topological polar surface area (TPSA) is 95.5 Å². The molecule has 0 saturated heterocycles. The monoisotopic (exact) mass is 250 g/mol. The van der Waals surface area contributed by atoms with E-state index in [1.54, 1.807) is 0 Å². The Morgan fingerprint density at radius 1 is 1.50 bits per heavy atom. The highest BCUT2D eigenvalue weighted by molar-refractivity contribution is 7.87. The van der Waals surface area contributed by atoms with E-state index in [0.29, 0.717) is 6.42 Å². The first-order valence-corrected chi connectivity index (χ1v) is 6.92. The summed E-state index contributed by atoms with van der Waals surface area (Å²) < 4.78 is 27.5. The van der Waals surface area contributed by atoms with Gasteiger partial charge >= 0.3 is 5.97 Å². The molecule has 0 aromatic heterocycles. The molecule has 0 heterocycles. The molecular formula is C9H18N2O4S. The van der Waals surface area contributed by atoms with Crippen LogP contribution in [0.25, 0.3) is 0 Å². The van der Waals surface area contributed by atoms with Crippen LogP contribution in [-0.2, 0) is 15.0 Å². The lowest BCUT2D eigenvalue weighted by atomic mass is 10.1. The summed E-state index contributed by atoms with van der Waals surface area (Å²) in [6, 6.07) is 0.0342. The van der Waals surface area contributed by atoms with Crippen LogP contribution in [0.15, 0.2) is 0 Å². The highest BCUT2D eigenvalue weighted by atomic mass is 32.2. The molecule has 0 spiro atoms. The van der Waals surface area contributed by atoms with Crippen LogP contribution in [0, 0.1) is 5.92 Å². The molecule has 0 aromatic carbocycles. The van der Waals surface area contributed by atoms with E-state index in [-0.39, 0.29) is 12.6 Å². The third-order valence-corrected chi connectivity index (χ3v) is 3.60. The molecule has 1 saturated carbocycles. The van der Waals surface area contributed by atoms with Crippen LogP contribution in [0.2, 0.25) is 0 Å². The lowest BCUT2D eigenvalue weighted by molar-refractivity contribution is -0.141. The van der Waals surface area contributed by atoms with Gasteiger partial charge in [0, 0.05) is 12.6 Å². The highest BCUT2D eigenvalue weighted by Crippen LogP contribution is 2.19. The Labute approximate surface area is 95.6 Å². The summed E-state index contributed by atoms with van der Waals surface area (Å²) in [7, 11) is -3.53. The van der Waals surface area contributed by atoms with Gasteiger partial charge in [-0.1, -0.05) is 13.3 Å². The number of aliphatic carboxylic acids is 1. The van der Waals surface area contributed by atoms with Gasteiger partial charge in [0.15, 0.2) is 0 Å². The van der Waals surface area contributed by atoms with E-state index >= 15 is 0 Å². The maximum Gasteiger partial charge on any atom is 0.307 e. The summed E-state index contributed by atoms with van der Waals surface area (Å²) in [6.45, 7) is 1.82. The fraction of sp³-hybridized carbons (Fsp3) is 0.889. The van der Waals surface area contributed by atoms with Crippen molar-refractivity contribution >= 4 is 16.2 Å². The van der Waals surface area contributed by atoms with Crippen molar-refractivity contribution in [2.75, 3.05) is 6.54 Å². The molecule has 1 rings (SSSR count). The summed E-state index contributed by atoms with van der Waals surface area (Å²) in [4.78, 5) is 10.8. The Hall–Kier alpha value is -0.660. The van der Waals surface area contributed by atoms with Gasteiger partial charge in [-0.25, -0.2) is 4.72 Å². The molecule has 7 heteroatoms. The van der Waals surface area contributed by atoms with Gasteiger partial charge in [-0.05, 0) is 19.3 Å². The molecule has 1 aliphatic rings. The fourth-order valence-electron chi connectivity index (χ4n) is 1.33. The van der Waals surface area contributed by atoms with Gasteiger partial charge in [0.1, 0.15) is 0 Å². The summed E-state index contributed by atoms with van der Waals surface area (Å²) in [6.07, 6.45) is 2.91. The summed E-state index contributed by atoms with van der Waals surface area (Å²) in [5.74, 6) is -1.61.